The number of hydrogen-bond acceptors (Lipinski definition) is 5. The number of likely N-dealkylation sites (N-methyl/N-ethyl adjacent to an activating group) is 2. The maximum absolute atomic E-state index is 6.03. The van der Waals surface area contributed by atoms with E-state index in [4.69, 9.17) is 10.7 Å². The number of hydrogen-bond donors (Lipinski definition) is 1. The van der Waals surface area contributed by atoms with Gasteiger partial charge in [-0.1, -0.05) is 6.92 Å². The van der Waals surface area contributed by atoms with Gasteiger partial charge in [-0.05, 0) is 62.6 Å². The van der Waals surface area contributed by atoms with E-state index in [2.05, 4.69) is 58.4 Å². The van der Waals surface area contributed by atoms with E-state index in [1.165, 1.54) is 6.42 Å². The van der Waals surface area contributed by atoms with Gasteiger partial charge in [0, 0.05) is 6.54 Å². The summed E-state index contributed by atoms with van der Waals surface area (Å²) >= 11 is 2.24. The summed E-state index contributed by atoms with van der Waals surface area (Å²) < 4.78 is 0.994. The van der Waals surface area contributed by atoms with E-state index in [0.717, 1.165) is 41.1 Å². The minimum absolute atomic E-state index is 0.233. The number of aryl methyl sites for hydroxylation is 1. The molecule has 1 fully saturated rings. The summed E-state index contributed by atoms with van der Waals surface area (Å²) in [5.41, 5.74) is 7.09. The minimum Gasteiger partial charge on any atom is -0.383 e. The zero-order valence-electron chi connectivity index (χ0n) is 11.9. The molecule has 19 heavy (non-hydrogen) atoms. The van der Waals surface area contributed by atoms with Gasteiger partial charge in [-0.2, -0.15) is 0 Å². The van der Waals surface area contributed by atoms with Crippen molar-refractivity contribution in [1.82, 2.24) is 19.8 Å². The topological polar surface area (TPSA) is 58.3 Å². The molecule has 0 saturated carbocycles. The fourth-order valence-electron chi connectivity index (χ4n) is 2.47. The highest BCUT2D eigenvalue weighted by molar-refractivity contribution is 14.1. The molecule has 1 aromatic heterocycles. The van der Waals surface area contributed by atoms with Crippen molar-refractivity contribution in [2.45, 2.75) is 25.8 Å². The van der Waals surface area contributed by atoms with Crippen LogP contribution in [0.4, 0.5) is 5.82 Å². The van der Waals surface area contributed by atoms with E-state index in [9.17, 15) is 0 Å². The summed E-state index contributed by atoms with van der Waals surface area (Å²) in [7, 11) is 4.30. The molecule has 1 aliphatic rings. The Hall–Kier alpha value is -0.470. The SMILES string of the molecule is CCc1nc(C2CN(C)CCCN2C)nc(N)c1I. The van der Waals surface area contributed by atoms with Gasteiger partial charge in [-0.3, -0.25) is 4.90 Å². The average molecular weight is 375 g/mol. The van der Waals surface area contributed by atoms with Crippen molar-refractivity contribution < 1.29 is 0 Å². The summed E-state index contributed by atoms with van der Waals surface area (Å²) in [4.78, 5) is 13.9. The molecule has 1 aromatic rings. The van der Waals surface area contributed by atoms with Crippen LogP contribution in [-0.4, -0.2) is 53.5 Å². The molecule has 106 valence electrons. The molecule has 0 aliphatic carbocycles. The number of nitrogens with zero attached hydrogens (tertiary/aromatic N) is 4. The Labute approximate surface area is 128 Å². The van der Waals surface area contributed by atoms with Gasteiger partial charge in [0.1, 0.15) is 11.6 Å². The van der Waals surface area contributed by atoms with E-state index in [0.29, 0.717) is 5.82 Å². The molecule has 0 bridgehead atoms. The van der Waals surface area contributed by atoms with Crippen molar-refractivity contribution in [3.05, 3.63) is 15.1 Å². The summed E-state index contributed by atoms with van der Waals surface area (Å²) in [6.45, 7) is 5.27. The lowest BCUT2D eigenvalue weighted by molar-refractivity contribution is 0.219. The maximum atomic E-state index is 6.03. The number of halogens is 1. The third kappa shape index (κ3) is 3.35. The summed E-state index contributed by atoms with van der Waals surface area (Å²) in [6.07, 6.45) is 2.08. The lowest BCUT2D eigenvalue weighted by atomic mass is 10.2. The second-order valence-electron chi connectivity index (χ2n) is 5.19. The standard InChI is InChI=1S/C13H22IN5/c1-4-9-11(14)12(15)17-13(16-9)10-8-18(2)6-5-7-19(10)3/h10H,4-8H2,1-3H3,(H2,15,16,17). The van der Waals surface area contributed by atoms with Crippen LogP contribution in [0.5, 0.6) is 0 Å². The molecule has 0 amide bonds. The third-order valence-electron chi connectivity index (χ3n) is 3.66. The molecule has 1 atom stereocenters. The van der Waals surface area contributed by atoms with Crippen LogP contribution in [0, 0.1) is 3.57 Å². The second-order valence-corrected chi connectivity index (χ2v) is 6.27. The predicted octanol–water partition coefficient (Wildman–Crippen LogP) is 1.53. The van der Waals surface area contributed by atoms with Crippen LogP contribution >= 0.6 is 22.6 Å². The first kappa shape index (κ1) is 14.9. The van der Waals surface area contributed by atoms with Gasteiger partial charge in [0.15, 0.2) is 0 Å². The predicted molar refractivity (Wildman–Crippen MR) is 86.0 cm³/mol. The Kier molecular flexibility index (Phi) is 4.97. The first-order chi connectivity index (χ1) is 9.02. The fourth-order valence-corrected chi connectivity index (χ4v) is 3.09. The van der Waals surface area contributed by atoms with Gasteiger partial charge in [-0.15, -0.1) is 0 Å². The van der Waals surface area contributed by atoms with Crippen molar-refractivity contribution in [1.29, 1.82) is 0 Å². The minimum atomic E-state index is 0.233. The molecular formula is C13H22IN5. The Bertz CT molecular complexity index is 451. The van der Waals surface area contributed by atoms with Gasteiger partial charge in [0.2, 0.25) is 0 Å². The number of anilines is 1. The van der Waals surface area contributed by atoms with E-state index < -0.39 is 0 Å². The van der Waals surface area contributed by atoms with Gasteiger partial charge in [0.25, 0.3) is 0 Å². The quantitative estimate of drug-likeness (QED) is 0.795. The molecule has 2 rings (SSSR count). The highest BCUT2D eigenvalue weighted by Gasteiger charge is 2.25. The molecule has 0 radical (unpaired) electrons. The van der Waals surface area contributed by atoms with Crippen LogP contribution in [0.1, 0.15) is 30.9 Å². The van der Waals surface area contributed by atoms with Gasteiger partial charge in [0.05, 0.1) is 15.3 Å². The van der Waals surface area contributed by atoms with Gasteiger partial charge < -0.3 is 10.6 Å². The summed E-state index contributed by atoms with van der Waals surface area (Å²) in [5, 5.41) is 0. The summed E-state index contributed by atoms with van der Waals surface area (Å²) in [5.74, 6) is 1.48. The number of rotatable bonds is 2. The Morgan fingerprint density at radius 2 is 2.05 bits per heavy atom. The lowest BCUT2D eigenvalue weighted by Gasteiger charge is -2.26. The largest absolute Gasteiger partial charge is 0.383 e. The molecule has 6 heteroatoms. The first-order valence-corrected chi connectivity index (χ1v) is 7.81. The van der Waals surface area contributed by atoms with Crippen LogP contribution in [-0.2, 0) is 6.42 Å². The van der Waals surface area contributed by atoms with Gasteiger partial charge >= 0.3 is 0 Å². The van der Waals surface area contributed by atoms with Crippen LogP contribution in [0.15, 0.2) is 0 Å². The molecule has 0 spiro atoms. The molecule has 0 aromatic carbocycles. The Morgan fingerprint density at radius 3 is 2.74 bits per heavy atom. The fraction of sp³-hybridized carbons (Fsp3) is 0.692. The van der Waals surface area contributed by atoms with Crippen molar-refractivity contribution in [2.24, 2.45) is 0 Å². The lowest BCUT2D eigenvalue weighted by Crippen LogP contribution is -2.32. The molecule has 5 nitrogen and oxygen atoms in total. The van der Waals surface area contributed by atoms with Crippen LogP contribution < -0.4 is 5.73 Å². The molecular weight excluding hydrogens is 353 g/mol. The van der Waals surface area contributed by atoms with E-state index in [1.54, 1.807) is 0 Å². The van der Waals surface area contributed by atoms with Crippen molar-refractivity contribution in [3.8, 4) is 0 Å². The Morgan fingerprint density at radius 1 is 1.32 bits per heavy atom. The van der Waals surface area contributed by atoms with Crippen molar-refractivity contribution in [3.63, 3.8) is 0 Å². The van der Waals surface area contributed by atoms with E-state index in [-0.39, 0.29) is 6.04 Å². The number of aromatic nitrogens is 2. The first-order valence-electron chi connectivity index (χ1n) is 6.73. The van der Waals surface area contributed by atoms with E-state index >= 15 is 0 Å². The smallest absolute Gasteiger partial charge is 0.149 e. The van der Waals surface area contributed by atoms with Crippen molar-refractivity contribution >= 4 is 28.4 Å². The summed E-state index contributed by atoms with van der Waals surface area (Å²) in [6, 6.07) is 0.233. The van der Waals surface area contributed by atoms with Crippen LogP contribution in [0.2, 0.25) is 0 Å². The average Bonchev–Trinajstić information content (AvgIpc) is 2.54. The third-order valence-corrected chi connectivity index (χ3v) is 4.84. The van der Waals surface area contributed by atoms with E-state index in [1.807, 2.05) is 0 Å². The molecule has 1 unspecified atom stereocenters. The Balaban J connectivity index is 2.36. The zero-order chi connectivity index (χ0) is 14.0. The second kappa shape index (κ2) is 6.32. The normalized spacial score (nSPS) is 22.4. The molecule has 1 aliphatic heterocycles. The number of nitrogen functional groups attached to an aromatic ring is 1. The zero-order valence-corrected chi connectivity index (χ0v) is 14.0. The van der Waals surface area contributed by atoms with Crippen LogP contribution in [0.25, 0.3) is 0 Å². The monoisotopic (exact) mass is 375 g/mol. The molecule has 1 saturated heterocycles. The highest BCUT2D eigenvalue weighted by Crippen LogP contribution is 2.24. The molecule has 2 N–H and O–H groups in total. The number of nitrogens with two attached hydrogens (primary N) is 1. The van der Waals surface area contributed by atoms with Gasteiger partial charge in [-0.25, -0.2) is 9.97 Å². The van der Waals surface area contributed by atoms with Crippen LogP contribution in [0.3, 0.4) is 0 Å². The van der Waals surface area contributed by atoms with Crippen molar-refractivity contribution in [2.75, 3.05) is 39.5 Å². The maximum Gasteiger partial charge on any atom is 0.149 e. The highest BCUT2D eigenvalue weighted by atomic mass is 127. The molecule has 2 heterocycles.